The molecule has 2 aliphatic heterocycles. The molecule has 2 heterocycles. The highest BCUT2D eigenvalue weighted by Crippen LogP contribution is 2.25. The minimum absolute atomic E-state index is 0.116. The second-order valence-electron chi connectivity index (χ2n) is 8.95. The van der Waals surface area contributed by atoms with Gasteiger partial charge in [-0.25, -0.2) is 0 Å². The Morgan fingerprint density at radius 1 is 0.667 bits per heavy atom. The van der Waals surface area contributed by atoms with Gasteiger partial charge in [-0.15, -0.1) is 0 Å². The quantitative estimate of drug-likeness (QED) is 0.219. The molecule has 2 rings (SSSR count). The molecule has 9 nitrogen and oxygen atoms in total. The van der Waals surface area contributed by atoms with E-state index in [1.165, 1.54) is 0 Å². The maximum Gasteiger partial charge on any atom is 0.109 e. The first kappa shape index (κ1) is 32.6. The van der Waals surface area contributed by atoms with E-state index in [0.29, 0.717) is 37.9 Å². The molecule has 2 fully saturated rings. The maximum atomic E-state index is 9.55. The lowest BCUT2D eigenvalue weighted by Crippen LogP contribution is -2.42. The molecule has 0 aromatic carbocycles. The van der Waals surface area contributed by atoms with Gasteiger partial charge in [0.1, 0.15) is 24.4 Å². The molecule has 9 heteroatoms. The van der Waals surface area contributed by atoms with Gasteiger partial charge in [-0.2, -0.15) is 0 Å². The first-order valence-corrected chi connectivity index (χ1v) is 12.4. The molecule has 0 aromatic rings. The smallest absolute Gasteiger partial charge is 0.109 e. The molecule has 0 radical (unpaired) electrons. The summed E-state index contributed by atoms with van der Waals surface area (Å²) >= 11 is 0. The van der Waals surface area contributed by atoms with Crippen molar-refractivity contribution in [1.82, 2.24) is 0 Å². The molecular formula is C24H50O9. The third kappa shape index (κ3) is 17.7. The first-order chi connectivity index (χ1) is 15.6. The Morgan fingerprint density at radius 3 is 1.12 bits per heavy atom. The van der Waals surface area contributed by atoms with Crippen LogP contribution in [0.4, 0.5) is 0 Å². The Hall–Kier alpha value is -0.360. The summed E-state index contributed by atoms with van der Waals surface area (Å²) < 4.78 is 21.4. The van der Waals surface area contributed by atoms with Crippen LogP contribution in [-0.2, 0) is 18.9 Å². The summed E-state index contributed by atoms with van der Waals surface area (Å²) in [7, 11) is 0. The predicted molar refractivity (Wildman–Crippen MR) is 126 cm³/mol. The zero-order valence-corrected chi connectivity index (χ0v) is 21.4. The molecule has 0 amide bonds. The van der Waals surface area contributed by atoms with Gasteiger partial charge in [-0.05, 0) is 52.9 Å². The van der Waals surface area contributed by atoms with Crippen molar-refractivity contribution in [2.24, 2.45) is 0 Å². The number of hydrogen-bond acceptors (Lipinski definition) is 9. The molecule has 5 N–H and O–H groups in total. The molecule has 0 aliphatic carbocycles. The molecule has 9 unspecified atom stereocenters. The van der Waals surface area contributed by atoms with Gasteiger partial charge in [-0.3, -0.25) is 0 Å². The molecule has 0 saturated carbocycles. The van der Waals surface area contributed by atoms with Crippen molar-refractivity contribution in [3.8, 4) is 0 Å². The second-order valence-corrected chi connectivity index (χ2v) is 8.95. The van der Waals surface area contributed by atoms with Crippen molar-refractivity contribution >= 4 is 0 Å². The molecule has 200 valence electrons. The summed E-state index contributed by atoms with van der Waals surface area (Å²) in [5.74, 6) is 0. The summed E-state index contributed by atoms with van der Waals surface area (Å²) in [6, 6.07) is 0. The van der Waals surface area contributed by atoms with Gasteiger partial charge in [0, 0.05) is 0 Å². The number of rotatable bonds is 15. The minimum atomic E-state index is -0.656. The largest absolute Gasteiger partial charge is 0.394 e. The van der Waals surface area contributed by atoms with Gasteiger partial charge in [0.2, 0.25) is 0 Å². The third-order valence-corrected chi connectivity index (χ3v) is 5.35. The van der Waals surface area contributed by atoms with Gasteiger partial charge in [-0.1, -0.05) is 20.8 Å². The number of aliphatic hydroxyl groups is 5. The van der Waals surface area contributed by atoms with Crippen molar-refractivity contribution in [1.29, 1.82) is 0 Å². The van der Waals surface area contributed by atoms with Gasteiger partial charge in [0.15, 0.2) is 0 Å². The van der Waals surface area contributed by atoms with Crippen molar-refractivity contribution < 1.29 is 44.5 Å². The minimum Gasteiger partial charge on any atom is -0.394 e. The van der Waals surface area contributed by atoms with E-state index in [1.807, 2.05) is 20.8 Å². The Labute approximate surface area is 200 Å². The van der Waals surface area contributed by atoms with E-state index >= 15 is 0 Å². The van der Waals surface area contributed by atoms with E-state index in [-0.39, 0.29) is 31.5 Å². The summed E-state index contributed by atoms with van der Waals surface area (Å²) in [4.78, 5) is 0. The number of hydrogen-bond donors (Lipinski definition) is 5. The molecular weight excluding hydrogens is 432 g/mol. The molecule has 2 aliphatic rings. The van der Waals surface area contributed by atoms with Crippen LogP contribution in [0.25, 0.3) is 0 Å². The zero-order chi connectivity index (χ0) is 25.4. The van der Waals surface area contributed by atoms with Crippen molar-refractivity contribution in [2.45, 2.75) is 129 Å². The predicted octanol–water partition coefficient (Wildman–Crippen LogP) is 1.40. The van der Waals surface area contributed by atoms with Crippen molar-refractivity contribution in [2.75, 3.05) is 26.4 Å². The molecule has 33 heavy (non-hydrogen) atoms. The van der Waals surface area contributed by atoms with Gasteiger partial charge < -0.3 is 44.5 Å². The van der Waals surface area contributed by atoms with Crippen LogP contribution < -0.4 is 0 Å². The Balaban J connectivity index is 0.000000740. The average molecular weight is 483 g/mol. The lowest BCUT2D eigenvalue weighted by atomic mass is 10.1. The fourth-order valence-electron chi connectivity index (χ4n) is 2.93. The van der Waals surface area contributed by atoms with Crippen LogP contribution in [-0.4, -0.2) is 107 Å². The van der Waals surface area contributed by atoms with Crippen molar-refractivity contribution in [3.05, 3.63) is 0 Å². The topological polar surface area (TPSA) is 145 Å². The van der Waals surface area contributed by atoms with E-state index in [2.05, 4.69) is 0 Å². The van der Waals surface area contributed by atoms with Crippen LogP contribution in [0.15, 0.2) is 0 Å². The van der Waals surface area contributed by atoms with Crippen LogP contribution >= 0.6 is 0 Å². The molecule has 0 aromatic heterocycles. The monoisotopic (exact) mass is 482 g/mol. The lowest BCUT2D eigenvalue weighted by molar-refractivity contribution is -0.159. The van der Waals surface area contributed by atoms with E-state index in [0.717, 1.165) is 19.6 Å². The van der Waals surface area contributed by atoms with E-state index in [9.17, 15) is 20.4 Å². The summed E-state index contributed by atoms with van der Waals surface area (Å²) in [5, 5.41) is 46.4. The van der Waals surface area contributed by atoms with Gasteiger partial charge in [0.25, 0.3) is 0 Å². The fraction of sp³-hybridized carbons (Fsp3) is 1.00. The fourth-order valence-corrected chi connectivity index (χ4v) is 2.93. The zero-order valence-electron chi connectivity index (χ0n) is 21.4. The highest BCUT2D eigenvalue weighted by atomic mass is 16.6. The highest BCUT2D eigenvalue weighted by molar-refractivity contribution is 4.87. The Kier molecular flexibility index (Phi) is 18.7. The van der Waals surface area contributed by atoms with Crippen LogP contribution in [0.3, 0.4) is 0 Å². The standard InChI is InChI=1S/C16H34O6.C4H6O2.C4H10O/c1-5-13(7-11(3)19)21-15(9-17)16(10-18)22-14(6-2)8-12(4)20;1-3(5-1)4-2-6-4;1-3-4(2)5/h11-20H,5-10H2,1-4H3;3-4H,1-2H2;4-5H,3H2,1-2H3. The van der Waals surface area contributed by atoms with Crippen LogP contribution in [0.5, 0.6) is 0 Å². The van der Waals surface area contributed by atoms with Gasteiger partial charge >= 0.3 is 0 Å². The molecule has 9 atom stereocenters. The second kappa shape index (κ2) is 18.9. The number of epoxide rings is 2. The number of ether oxygens (including phenoxy) is 4. The SMILES string of the molecule is C1OC1C1CO1.CCC(C)O.CCC(CC(C)O)OC(CO)C(CO)OC(CC)CC(C)O. The van der Waals surface area contributed by atoms with Crippen LogP contribution in [0, 0.1) is 0 Å². The molecule has 0 spiro atoms. The Bertz CT molecular complexity index is 404. The first-order valence-electron chi connectivity index (χ1n) is 12.4. The highest BCUT2D eigenvalue weighted by Gasteiger charge is 2.41. The van der Waals surface area contributed by atoms with E-state index in [1.54, 1.807) is 20.8 Å². The normalized spacial score (nSPS) is 25.2. The summed E-state index contributed by atoms with van der Waals surface area (Å²) in [5.41, 5.74) is 0. The lowest BCUT2D eigenvalue weighted by Gasteiger charge is -2.32. The average Bonchev–Trinajstić information content (AvgIpc) is 3.65. The maximum absolute atomic E-state index is 9.55. The van der Waals surface area contributed by atoms with Crippen LogP contribution in [0.2, 0.25) is 0 Å². The molecule has 2 saturated heterocycles. The summed E-state index contributed by atoms with van der Waals surface area (Å²) in [6.45, 7) is 12.3. The molecule has 0 bridgehead atoms. The van der Waals surface area contributed by atoms with E-state index < -0.39 is 24.4 Å². The van der Waals surface area contributed by atoms with Gasteiger partial charge in [0.05, 0.1) is 56.9 Å². The Morgan fingerprint density at radius 2 is 0.970 bits per heavy atom. The van der Waals surface area contributed by atoms with Crippen molar-refractivity contribution in [3.63, 3.8) is 0 Å². The number of aliphatic hydroxyl groups excluding tert-OH is 5. The third-order valence-electron chi connectivity index (χ3n) is 5.35. The summed E-state index contributed by atoms with van der Waals surface area (Å²) in [6.07, 6.45) is 1.37. The van der Waals surface area contributed by atoms with E-state index in [4.69, 9.17) is 24.1 Å². The van der Waals surface area contributed by atoms with Crippen LogP contribution in [0.1, 0.15) is 73.6 Å².